The molecule has 0 saturated heterocycles. The van der Waals surface area contributed by atoms with Crippen LogP contribution in [-0.4, -0.2) is 30.6 Å². The molecule has 0 aliphatic carbocycles. The Hall–Kier alpha value is -2.24. The van der Waals surface area contributed by atoms with Crippen molar-refractivity contribution in [3.8, 4) is 11.5 Å². The van der Waals surface area contributed by atoms with Crippen LogP contribution in [0.4, 0.5) is 0 Å². The number of nitrogens with zero attached hydrogens (tertiary/aromatic N) is 4. The molecule has 0 aliphatic rings. The lowest BCUT2D eigenvalue weighted by Gasteiger charge is -1.84. The molecule has 3 aromatic heterocycles. The lowest BCUT2D eigenvalue weighted by Crippen LogP contribution is -1.79. The first kappa shape index (κ1) is 7.19. The van der Waals surface area contributed by atoms with E-state index < -0.39 is 0 Å². The molecule has 6 heteroatoms. The Bertz CT molecular complexity index is 519. The number of nitrogens with one attached hydrogen (secondary N) is 2. The van der Waals surface area contributed by atoms with E-state index in [0.717, 1.165) is 16.7 Å². The maximum Gasteiger partial charge on any atom is 0.220 e. The van der Waals surface area contributed by atoms with E-state index in [9.17, 15) is 0 Å². The van der Waals surface area contributed by atoms with Crippen LogP contribution in [0.2, 0.25) is 0 Å². The Balaban J connectivity index is 2.24. The van der Waals surface area contributed by atoms with Gasteiger partial charge in [-0.15, -0.1) is 10.2 Å². The molecule has 0 atom stereocenters. The summed E-state index contributed by atoms with van der Waals surface area (Å²) in [5, 5.41) is 13.6. The van der Waals surface area contributed by atoms with Gasteiger partial charge < -0.3 is 4.98 Å². The number of H-pyrrole nitrogens is 2. The summed E-state index contributed by atoms with van der Waals surface area (Å²) < 4.78 is 0. The standard InChI is InChI=1S/C8H6N6/c1-2-5-6(9-3-1)4-7(10-5)8-11-13-14-12-8/h1-4,10H,(H,11,12,13,14). The third kappa shape index (κ3) is 0.972. The van der Waals surface area contributed by atoms with Gasteiger partial charge in [-0.25, -0.2) is 0 Å². The zero-order valence-electron chi connectivity index (χ0n) is 7.10. The third-order valence-electron chi connectivity index (χ3n) is 1.98. The van der Waals surface area contributed by atoms with Gasteiger partial charge in [0.25, 0.3) is 0 Å². The highest BCUT2D eigenvalue weighted by Crippen LogP contribution is 2.18. The molecule has 0 unspecified atom stereocenters. The number of rotatable bonds is 1. The van der Waals surface area contributed by atoms with E-state index in [0.29, 0.717) is 5.82 Å². The largest absolute Gasteiger partial charge is 0.351 e. The zero-order chi connectivity index (χ0) is 9.38. The van der Waals surface area contributed by atoms with E-state index >= 15 is 0 Å². The van der Waals surface area contributed by atoms with Crippen molar-refractivity contribution < 1.29 is 0 Å². The number of fused-ring (bicyclic) bond motifs is 1. The Morgan fingerprint density at radius 1 is 1.29 bits per heavy atom. The second-order valence-electron chi connectivity index (χ2n) is 2.85. The lowest BCUT2D eigenvalue weighted by molar-refractivity contribution is 0.881. The minimum Gasteiger partial charge on any atom is -0.351 e. The molecule has 0 bridgehead atoms. The summed E-state index contributed by atoms with van der Waals surface area (Å²) in [5.41, 5.74) is 2.67. The topological polar surface area (TPSA) is 83.1 Å². The van der Waals surface area contributed by atoms with Gasteiger partial charge in [0.05, 0.1) is 16.7 Å². The number of pyridine rings is 1. The number of aromatic nitrogens is 6. The molecule has 0 aromatic carbocycles. The lowest BCUT2D eigenvalue weighted by atomic mass is 10.4. The van der Waals surface area contributed by atoms with E-state index in [1.807, 2.05) is 18.2 Å². The molecular weight excluding hydrogens is 180 g/mol. The van der Waals surface area contributed by atoms with Gasteiger partial charge >= 0.3 is 0 Å². The number of tetrazole rings is 1. The van der Waals surface area contributed by atoms with Gasteiger partial charge in [0.2, 0.25) is 5.82 Å². The molecule has 0 saturated carbocycles. The smallest absolute Gasteiger partial charge is 0.220 e. The predicted octanol–water partition coefficient (Wildman–Crippen LogP) is 0.743. The van der Waals surface area contributed by atoms with Crippen LogP contribution in [0.25, 0.3) is 22.6 Å². The van der Waals surface area contributed by atoms with Crippen LogP contribution in [0.3, 0.4) is 0 Å². The van der Waals surface area contributed by atoms with Gasteiger partial charge in [-0.05, 0) is 23.4 Å². The van der Waals surface area contributed by atoms with Gasteiger partial charge in [-0.1, -0.05) is 0 Å². The van der Waals surface area contributed by atoms with Gasteiger partial charge in [0.15, 0.2) is 0 Å². The van der Waals surface area contributed by atoms with E-state index in [-0.39, 0.29) is 0 Å². The van der Waals surface area contributed by atoms with Crippen molar-refractivity contribution in [2.75, 3.05) is 0 Å². The minimum absolute atomic E-state index is 0.544. The Morgan fingerprint density at radius 2 is 2.29 bits per heavy atom. The van der Waals surface area contributed by atoms with E-state index in [1.54, 1.807) is 6.20 Å². The Kier molecular flexibility index (Phi) is 1.35. The quantitative estimate of drug-likeness (QED) is 0.587. The molecule has 3 heterocycles. The average Bonchev–Trinajstić information content (AvgIpc) is 2.86. The van der Waals surface area contributed by atoms with Crippen LogP contribution < -0.4 is 0 Å². The van der Waals surface area contributed by atoms with Crippen LogP contribution in [0.5, 0.6) is 0 Å². The SMILES string of the molecule is c1cnc2cc(-c3nn[nH]n3)[nH]c2c1. The summed E-state index contributed by atoms with van der Waals surface area (Å²) in [7, 11) is 0. The normalized spacial score (nSPS) is 10.9. The summed E-state index contributed by atoms with van der Waals surface area (Å²) in [4.78, 5) is 7.34. The van der Waals surface area contributed by atoms with Crippen molar-refractivity contribution in [1.29, 1.82) is 0 Å². The van der Waals surface area contributed by atoms with Crippen LogP contribution in [0.1, 0.15) is 0 Å². The number of hydrogen-bond donors (Lipinski definition) is 2. The van der Waals surface area contributed by atoms with Crippen molar-refractivity contribution >= 4 is 11.0 Å². The first-order chi connectivity index (χ1) is 6.93. The second kappa shape index (κ2) is 2.63. The van der Waals surface area contributed by atoms with E-state index in [2.05, 4.69) is 30.6 Å². The van der Waals surface area contributed by atoms with Crippen LogP contribution >= 0.6 is 0 Å². The van der Waals surface area contributed by atoms with Crippen molar-refractivity contribution in [2.45, 2.75) is 0 Å². The van der Waals surface area contributed by atoms with Crippen LogP contribution in [-0.2, 0) is 0 Å². The van der Waals surface area contributed by atoms with Crippen molar-refractivity contribution in [2.24, 2.45) is 0 Å². The highest BCUT2D eigenvalue weighted by Gasteiger charge is 2.06. The molecule has 0 amide bonds. The van der Waals surface area contributed by atoms with Crippen molar-refractivity contribution in [3.05, 3.63) is 24.4 Å². The monoisotopic (exact) mass is 186 g/mol. The second-order valence-corrected chi connectivity index (χ2v) is 2.85. The molecule has 0 spiro atoms. The van der Waals surface area contributed by atoms with E-state index in [4.69, 9.17) is 0 Å². The summed E-state index contributed by atoms with van der Waals surface area (Å²) in [6, 6.07) is 5.71. The van der Waals surface area contributed by atoms with Gasteiger partial charge in [-0.2, -0.15) is 5.21 Å². The summed E-state index contributed by atoms with van der Waals surface area (Å²) in [5.74, 6) is 0.544. The molecule has 3 aromatic rings. The third-order valence-corrected chi connectivity index (χ3v) is 1.98. The molecule has 68 valence electrons. The molecule has 0 radical (unpaired) electrons. The highest BCUT2D eigenvalue weighted by molar-refractivity contribution is 5.80. The van der Waals surface area contributed by atoms with Gasteiger partial charge in [-0.3, -0.25) is 4.98 Å². The summed E-state index contributed by atoms with van der Waals surface area (Å²) in [6.45, 7) is 0. The fourth-order valence-corrected chi connectivity index (χ4v) is 1.35. The minimum atomic E-state index is 0.544. The first-order valence-corrected chi connectivity index (χ1v) is 4.11. The van der Waals surface area contributed by atoms with Crippen LogP contribution in [0, 0.1) is 0 Å². The zero-order valence-corrected chi connectivity index (χ0v) is 7.10. The number of aromatic amines is 2. The van der Waals surface area contributed by atoms with Gasteiger partial charge in [0.1, 0.15) is 0 Å². The first-order valence-electron chi connectivity index (χ1n) is 4.11. The molecule has 2 N–H and O–H groups in total. The Labute approximate surface area is 78.4 Å². The average molecular weight is 186 g/mol. The van der Waals surface area contributed by atoms with Crippen molar-refractivity contribution in [3.63, 3.8) is 0 Å². The van der Waals surface area contributed by atoms with E-state index in [1.165, 1.54) is 0 Å². The fourth-order valence-electron chi connectivity index (χ4n) is 1.35. The van der Waals surface area contributed by atoms with Gasteiger partial charge in [0, 0.05) is 6.20 Å². The summed E-state index contributed by atoms with van der Waals surface area (Å²) in [6.07, 6.45) is 1.75. The molecule has 3 rings (SSSR count). The predicted molar refractivity (Wildman–Crippen MR) is 49.3 cm³/mol. The molecule has 0 fully saturated rings. The number of hydrogen-bond acceptors (Lipinski definition) is 4. The highest BCUT2D eigenvalue weighted by atomic mass is 15.5. The van der Waals surface area contributed by atoms with Crippen molar-refractivity contribution in [1.82, 2.24) is 30.6 Å². The Morgan fingerprint density at radius 3 is 3.07 bits per heavy atom. The molecule has 6 nitrogen and oxygen atoms in total. The maximum atomic E-state index is 4.19. The maximum absolute atomic E-state index is 4.19. The summed E-state index contributed by atoms with van der Waals surface area (Å²) >= 11 is 0. The fraction of sp³-hybridized carbons (Fsp3) is 0. The van der Waals surface area contributed by atoms with Crippen LogP contribution in [0.15, 0.2) is 24.4 Å². The molecule has 14 heavy (non-hydrogen) atoms. The molecule has 0 aliphatic heterocycles. The molecular formula is C8H6N6.